The number of nitrogens with zero attached hydrogens (tertiary/aromatic N) is 2. The Balaban J connectivity index is 1.25. The first-order valence-corrected chi connectivity index (χ1v) is 22.5. The highest BCUT2D eigenvalue weighted by Gasteiger charge is 2.45. The monoisotopic (exact) mass is 810 g/mol. The number of anilines is 6. The van der Waals surface area contributed by atoms with Crippen LogP contribution >= 0.6 is 0 Å². The van der Waals surface area contributed by atoms with Gasteiger partial charge in [-0.3, -0.25) is 0 Å². The average Bonchev–Trinajstić information content (AvgIpc) is 3.61. The molecule has 0 fully saturated rings. The van der Waals surface area contributed by atoms with Crippen LogP contribution in [-0.2, 0) is 21.7 Å². The molecular formula is C58H59BN2O. The van der Waals surface area contributed by atoms with Gasteiger partial charge in [0.05, 0.1) is 0 Å². The number of para-hydroxylation sites is 1. The van der Waals surface area contributed by atoms with Crippen LogP contribution in [0.1, 0.15) is 105 Å². The Morgan fingerprint density at radius 1 is 0.403 bits per heavy atom. The molecule has 0 unspecified atom stereocenters. The van der Waals surface area contributed by atoms with Crippen molar-refractivity contribution < 1.29 is 4.42 Å². The summed E-state index contributed by atoms with van der Waals surface area (Å²) in [5.41, 5.74) is 20.8. The lowest BCUT2D eigenvalue weighted by Crippen LogP contribution is -2.61. The summed E-state index contributed by atoms with van der Waals surface area (Å²) in [5.74, 6) is 0. The number of hydrogen-bond acceptors (Lipinski definition) is 3. The summed E-state index contributed by atoms with van der Waals surface area (Å²) < 4.78 is 6.32. The molecule has 62 heavy (non-hydrogen) atoms. The third-order valence-electron chi connectivity index (χ3n) is 13.5. The van der Waals surface area contributed by atoms with Gasteiger partial charge in [-0.05, 0) is 132 Å². The van der Waals surface area contributed by atoms with E-state index in [0.29, 0.717) is 0 Å². The van der Waals surface area contributed by atoms with Crippen LogP contribution in [0.5, 0.6) is 0 Å². The van der Waals surface area contributed by atoms with Gasteiger partial charge < -0.3 is 14.2 Å². The molecule has 0 radical (unpaired) electrons. The number of furan rings is 1. The number of fused-ring (bicyclic) bond motifs is 7. The van der Waals surface area contributed by atoms with Gasteiger partial charge >= 0.3 is 0 Å². The second-order valence-corrected chi connectivity index (χ2v) is 21.9. The minimum Gasteiger partial charge on any atom is -0.456 e. The van der Waals surface area contributed by atoms with Crippen molar-refractivity contribution in [2.75, 3.05) is 9.80 Å². The third-order valence-corrected chi connectivity index (χ3v) is 13.5. The Kier molecular flexibility index (Phi) is 8.89. The summed E-state index contributed by atoms with van der Waals surface area (Å²) in [4.78, 5) is 5.12. The fourth-order valence-electron chi connectivity index (χ4n) is 9.84. The van der Waals surface area contributed by atoms with E-state index in [9.17, 15) is 0 Å². The molecule has 0 bridgehead atoms. The Morgan fingerprint density at radius 3 is 1.39 bits per heavy atom. The second kappa shape index (κ2) is 13.8. The maximum absolute atomic E-state index is 6.32. The van der Waals surface area contributed by atoms with E-state index in [1.54, 1.807) is 0 Å². The van der Waals surface area contributed by atoms with Crippen molar-refractivity contribution >= 4 is 79.2 Å². The van der Waals surface area contributed by atoms with Gasteiger partial charge in [0.25, 0.3) is 6.71 Å². The molecule has 0 spiro atoms. The standard InChI is InChI=1S/C58H59BN2O/c1-55(2,3)37-22-28-42(29-23-37)61-48-31-25-39(57(7,8)9)33-46(48)59-45-32-38(56(4,5)6)24-30-47(45)60(49-34-40(58(10,11)12)35-50(61)54(49)59)41-26-20-36(21-27-41)43-17-15-19-52-53(43)44-16-13-14-18-51(44)62-52/h13-35H,1-12H3. The molecule has 1 aromatic heterocycles. The summed E-state index contributed by atoms with van der Waals surface area (Å²) in [7, 11) is 0. The van der Waals surface area contributed by atoms with Crippen LogP contribution in [-0.4, -0.2) is 6.71 Å². The zero-order chi connectivity index (χ0) is 43.7. The van der Waals surface area contributed by atoms with Crippen molar-refractivity contribution in [2.45, 2.75) is 105 Å². The summed E-state index contributed by atoms with van der Waals surface area (Å²) in [6.45, 7) is 28.0. The Labute approximate surface area is 369 Å². The van der Waals surface area contributed by atoms with Gasteiger partial charge in [-0.2, -0.15) is 0 Å². The highest BCUT2D eigenvalue weighted by atomic mass is 16.3. The lowest BCUT2D eigenvalue weighted by Gasteiger charge is -2.45. The second-order valence-electron chi connectivity index (χ2n) is 21.9. The van der Waals surface area contributed by atoms with E-state index in [1.165, 1.54) is 78.2 Å². The zero-order valence-electron chi connectivity index (χ0n) is 38.7. The SMILES string of the molecule is CC(C)(C)c1ccc(N2c3ccc(C(C)(C)C)cc3B3c4cc(C(C)(C)C)ccc4N(c4ccc(-c5cccc6oc7ccccc7c56)cc4)c4cc(C(C)(C)C)cc2c43)cc1. The van der Waals surface area contributed by atoms with Crippen LogP contribution in [0.4, 0.5) is 34.1 Å². The quantitative estimate of drug-likeness (QED) is 0.166. The minimum absolute atomic E-state index is 0.0149. The van der Waals surface area contributed by atoms with Crippen LogP contribution in [0.15, 0.2) is 144 Å². The van der Waals surface area contributed by atoms with E-state index < -0.39 is 0 Å². The molecule has 0 saturated heterocycles. The lowest BCUT2D eigenvalue weighted by molar-refractivity contribution is 0.589. The van der Waals surface area contributed by atoms with Gasteiger partial charge in [0.1, 0.15) is 11.2 Å². The molecule has 310 valence electrons. The maximum Gasteiger partial charge on any atom is 0.252 e. The molecule has 2 aliphatic rings. The predicted molar refractivity (Wildman–Crippen MR) is 268 cm³/mol. The Hall–Kier alpha value is -6.00. The van der Waals surface area contributed by atoms with E-state index in [2.05, 4.69) is 226 Å². The molecule has 10 rings (SSSR count). The fourth-order valence-corrected chi connectivity index (χ4v) is 9.84. The maximum atomic E-state index is 6.32. The Morgan fingerprint density at radius 2 is 0.871 bits per heavy atom. The number of hydrogen-bond donors (Lipinski definition) is 0. The largest absolute Gasteiger partial charge is 0.456 e. The topological polar surface area (TPSA) is 19.6 Å². The normalized spacial score (nSPS) is 14.0. The van der Waals surface area contributed by atoms with E-state index >= 15 is 0 Å². The molecule has 4 heteroatoms. The molecule has 2 aliphatic heterocycles. The summed E-state index contributed by atoms with van der Waals surface area (Å²) >= 11 is 0. The highest BCUT2D eigenvalue weighted by Crippen LogP contribution is 2.48. The van der Waals surface area contributed by atoms with Gasteiger partial charge in [-0.15, -0.1) is 0 Å². The Bertz CT molecular complexity index is 3050. The van der Waals surface area contributed by atoms with Crippen molar-refractivity contribution in [3.63, 3.8) is 0 Å². The lowest BCUT2D eigenvalue weighted by atomic mass is 9.33. The first-order valence-electron chi connectivity index (χ1n) is 22.5. The van der Waals surface area contributed by atoms with Crippen molar-refractivity contribution in [3.05, 3.63) is 162 Å². The van der Waals surface area contributed by atoms with Crippen LogP contribution < -0.4 is 26.2 Å². The summed E-state index contributed by atoms with van der Waals surface area (Å²) in [5, 5.41) is 2.30. The van der Waals surface area contributed by atoms with Gasteiger partial charge in [0, 0.05) is 44.9 Å². The average molecular weight is 811 g/mol. The number of rotatable bonds is 3. The minimum atomic E-state index is -0.100. The molecule has 0 amide bonds. The van der Waals surface area contributed by atoms with Crippen LogP contribution in [0, 0.1) is 0 Å². The first kappa shape index (κ1) is 40.1. The van der Waals surface area contributed by atoms with E-state index in [4.69, 9.17) is 4.42 Å². The van der Waals surface area contributed by atoms with Crippen molar-refractivity contribution in [3.8, 4) is 11.1 Å². The molecule has 0 saturated carbocycles. The van der Waals surface area contributed by atoms with E-state index in [0.717, 1.165) is 27.6 Å². The zero-order valence-corrected chi connectivity index (χ0v) is 38.7. The summed E-state index contributed by atoms with van der Waals surface area (Å²) in [6.07, 6.45) is 0. The molecule has 0 atom stereocenters. The molecule has 3 nitrogen and oxygen atoms in total. The molecule has 0 N–H and O–H groups in total. The predicted octanol–water partition coefficient (Wildman–Crippen LogP) is 14.5. The first-order chi connectivity index (χ1) is 29.3. The van der Waals surface area contributed by atoms with E-state index in [1.807, 2.05) is 6.07 Å². The summed E-state index contributed by atoms with van der Waals surface area (Å²) in [6, 6.07) is 53.0. The highest BCUT2D eigenvalue weighted by molar-refractivity contribution is 7.00. The van der Waals surface area contributed by atoms with Gasteiger partial charge in [0.15, 0.2) is 0 Å². The van der Waals surface area contributed by atoms with Crippen molar-refractivity contribution in [1.82, 2.24) is 0 Å². The molecule has 7 aromatic carbocycles. The smallest absolute Gasteiger partial charge is 0.252 e. The molecule has 0 aliphatic carbocycles. The van der Waals surface area contributed by atoms with Gasteiger partial charge in [-0.25, -0.2) is 0 Å². The van der Waals surface area contributed by atoms with E-state index in [-0.39, 0.29) is 28.4 Å². The van der Waals surface area contributed by atoms with Gasteiger partial charge in [0.2, 0.25) is 0 Å². The van der Waals surface area contributed by atoms with Crippen molar-refractivity contribution in [1.29, 1.82) is 0 Å². The fraction of sp³-hybridized carbons (Fsp3) is 0.276. The van der Waals surface area contributed by atoms with Crippen molar-refractivity contribution in [2.24, 2.45) is 0 Å². The van der Waals surface area contributed by atoms with Crippen LogP contribution in [0.25, 0.3) is 33.1 Å². The molecule has 8 aromatic rings. The molecular weight excluding hydrogens is 751 g/mol. The van der Waals surface area contributed by atoms with Crippen LogP contribution in [0.3, 0.4) is 0 Å². The number of benzene rings is 7. The molecule has 3 heterocycles. The third kappa shape index (κ3) is 6.48. The van der Waals surface area contributed by atoms with Gasteiger partial charge in [-0.1, -0.05) is 162 Å². The van der Waals surface area contributed by atoms with Crippen LogP contribution in [0.2, 0.25) is 0 Å².